The lowest BCUT2D eigenvalue weighted by atomic mass is 10.2. The van der Waals surface area contributed by atoms with E-state index in [1.165, 1.54) is 22.5 Å². The number of rotatable bonds is 5. The van der Waals surface area contributed by atoms with Crippen LogP contribution in [0, 0.1) is 17.2 Å². The molecule has 104 valence electrons. The first-order valence-corrected chi connectivity index (χ1v) is 7.56. The molecule has 0 bridgehead atoms. The topological polar surface area (TPSA) is 87.2 Å². The van der Waals surface area contributed by atoms with Crippen LogP contribution in [0.15, 0.2) is 23.1 Å². The normalized spacial score (nSPS) is 11.8. The van der Waals surface area contributed by atoms with Gasteiger partial charge in [-0.1, -0.05) is 20.8 Å². The van der Waals surface area contributed by atoms with Gasteiger partial charge in [0.25, 0.3) is 0 Å². The minimum atomic E-state index is -3.65. The lowest BCUT2D eigenvalue weighted by Gasteiger charge is -2.22. The lowest BCUT2D eigenvalue weighted by molar-refractivity contribution is 0.381. The molecule has 1 aromatic rings. The van der Waals surface area contributed by atoms with E-state index in [4.69, 9.17) is 11.0 Å². The summed E-state index contributed by atoms with van der Waals surface area (Å²) in [5, 5.41) is 9.05. The van der Waals surface area contributed by atoms with Crippen LogP contribution in [0.25, 0.3) is 0 Å². The number of hydrogen-bond acceptors (Lipinski definition) is 4. The van der Waals surface area contributed by atoms with Crippen LogP contribution in [0.1, 0.15) is 26.3 Å². The van der Waals surface area contributed by atoms with E-state index in [1.807, 2.05) is 19.9 Å². The summed E-state index contributed by atoms with van der Waals surface area (Å²) in [7, 11) is -3.65. The number of nitriles is 1. The van der Waals surface area contributed by atoms with Crippen molar-refractivity contribution >= 4 is 15.7 Å². The highest BCUT2D eigenvalue weighted by atomic mass is 32.2. The minimum absolute atomic E-state index is 0.0201. The molecule has 0 aliphatic rings. The van der Waals surface area contributed by atoms with Crippen LogP contribution in [0.3, 0.4) is 0 Å². The van der Waals surface area contributed by atoms with Crippen LogP contribution in [0.2, 0.25) is 0 Å². The molecule has 0 radical (unpaired) electrons. The van der Waals surface area contributed by atoms with Gasteiger partial charge in [0, 0.05) is 18.8 Å². The third kappa shape index (κ3) is 3.46. The Kier molecular flexibility index (Phi) is 4.92. The molecule has 0 heterocycles. The third-order valence-electron chi connectivity index (χ3n) is 2.66. The molecule has 0 amide bonds. The second-order valence-corrected chi connectivity index (χ2v) is 6.62. The largest absolute Gasteiger partial charge is 0.399 e. The van der Waals surface area contributed by atoms with Crippen LogP contribution < -0.4 is 5.73 Å². The zero-order valence-electron chi connectivity index (χ0n) is 11.4. The van der Waals surface area contributed by atoms with Gasteiger partial charge in [-0.15, -0.1) is 0 Å². The fourth-order valence-corrected chi connectivity index (χ4v) is 3.54. The second kappa shape index (κ2) is 6.04. The van der Waals surface area contributed by atoms with Crippen molar-refractivity contribution in [1.29, 1.82) is 5.26 Å². The molecule has 0 saturated carbocycles. The van der Waals surface area contributed by atoms with E-state index in [1.54, 1.807) is 6.92 Å². The van der Waals surface area contributed by atoms with Crippen molar-refractivity contribution < 1.29 is 8.42 Å². The summed E-state index contributed by atoms with van der Waals surface area (Å²) in [4.78, 5) is 0.0201. The van der Waals surface area contributed by atoms with Gasteiger partial charge in [-0.3, -0.25) is 0 Å². The highest BCUT2D eigenvalue weighted by Gasteiger charge is 2.26. The predicted octanol–water partition coefficient (Wildman–Crippen LogP) is 1.81. The summed E-state index contributed by atoms with van der Waals surface area (Å²) in [5.74, 6) is 0.217. The van der Waals surface area contributed by atoms with Crippen molar-refractivity contribution in [2.45, 2.75) is 25.7 Å². The quantitative estimate of drug-likeness (QED) is 0.834. The second-order valence-electron chi connectivity index (χ2n) is 4.72. The van der Waals surface area contributed by atoms with Crippen molar-refractivity contribution in [3.63, 3.8) is 0 Å². The number of nitrogen functional groups attached to an aromatic ring is 1. The van der Waals surface area contributed by atoms with Crippen molar-refractivity contribution in [2.75, 3.05) is 18.8 Å². The van der Waals surface area contributed by atoms with Crippen LogP contribution in [0.5, 0.6) is 0 Å². The lowest BCUT2D eigenvalue weighted by Crippen LogP contribution is -2.34. The Hall–Kier alpha value is -1.58. The molecule has 1 aromatic carbocycles. The molecule has 0 unspecified atom stereocenters. The number of sulfonamides is 1. The van der Waals surface area contributed by atoms with Crippen LogP contribution in [-0.4, -0.2) is 25.8 Å². The molecule has 19 heavy (non-hydrogen) atoms. The zero-order valence-corrected chi connectivity index (χ0v) is 12.2. The predicted molar refractivity (Wildman–Crippen MR) is 74.8 cm³/mol. The summed E-state index contributed by atoms with van der Waals surface area (Å²) in [6, 6.07) is 6.17. The Balaban J connectivity index is 3.30. The monoisotopic (exact) mass is 281 g/mol. The van der Waals surface area contributed by atoms with Crippen molar-refractivity contribution in [1.82, 2.24) is 4.31 Å². The maximum atomic E-state index is 12.5. The molecule has 0 fully saturated rings. The highest BCUT2D eigenvalue weighted by Crippen LogP contribution is 2.22. The third-order valence-corrected chi connectivity index (χ3v) is 4.66. The van der Waals surface area contributed by atoms with Gasteiger partial charge < -0.3 is 5.73 Å². The van der Waals surface area contributed by atoms with Gasteiger partial charge in [-0.2, -0.15) is 9.57 Å². The van der Waals surface area contributed by atoms with Gasteiger partial charge in [-0.25, -0.2) is 8.42 Å². The van der Waals surface area contributed by atoms with Crippen molar-refractivity contribution in [3.8, 4) is 6.07 Å². The Morgan fingerprint density at radius 1 is 1.42 bits per heavy atom. The minimum Gasteiger partial charge on any atom is -0.399 e. The summed E-state index contributed by atoms with van der Waals surface area (Å²) in [6.07, 6.45) is 0. The molecule has 0 aromatic heterocycles. The number of anilines is 1. The Morgan fingerprint density at radius 2 is 2.05 bits per heavy atom. The molecular weight excluding hydrogens is 262 g/mol. The fourth-order valence-electron chi connectivity index (χ4n) is 1.80. The van der Waals surface area contributed by atoms with E-state index in [-0.39, 0.29) is 16.4 Å². The van der Waals surface area contributed by atoms with Gasteiger partial charge in [0.05, 0.1) is 5.56 Å². The molecule has 5 nitrogen and oxygen atoms in total. The molecule has 0 aliphatic heterocycles. The molecule has 0 aliphatic carbocycles. The summed E-state index contributed by atoms with van der Waals surface area (Å²) < 4.78 is 26.4. The van der Waals surface area contributed by atoms with Gasteiger partial charge in [0.1, 0.15) is 11.0 Å². The Bertz CT molecular complexity index is 588. The molecule has 0 spiro atoms. The van der Waals surface area contributed by atoms with Crippen LogP contribution in [0.4, 0.5) is 5.69 Å². The average Bonchev–Trinajstić information content (AvgIpc) is 2.34. The Morgan fingerprint density at radius 3 is 2.53 bits per heavy atom. The fraction of sp³-hybridized carbons (Fsp3) is 0.462. The molecule has 0 atom stereocenters. The van der Waals surface area contributed by atoms with Gasteiger partial charge in [0.15, 0.2) is 0 Å². The van der Waals surface area contributed by atoms with Crippen LogP contribution in [-0.2, 0) is 10.0 Å². The van der Waals surface area contributed by atoms with E-state index in [9.17, 15) is 8.42 Å². The summed E-state index contributed by atoms with van der Waals surface area (Å²) in [5.41, 5.74) is 6.04. The molecule has 0 saturated heterocycles. The molecule has 1 rings (SSSR count). The molecule has 6 heteroatoms. The summed E-state index contributed by atoms with van der Waals surface area (Å²) in [6.45, 7) is 6.48. The molecular formula is C13H19N3O2S. The SMILES string of the molecule is CCN(CC(C)C)S(=O)(=O)c1ccc(N)cc1C#N. The Labute approximate surface area is 114 Å². The smallest absolute Gasteiger partial charge is 0.244 e. The first-order valence-electron chi connectivity index (χ1n) is 6.12. The average molecular weight is 281 g/mol. The van der Waals surface area contributed by atoms with E-state index >= 15 is 0 Å². The maximum absolute atomic E-state index is 12.5. The zero-order chi connectivity index (χ0) is 14.6. The van der Waals surface area contributed by atoms with E-state index in [2.05, 4.69) is 0 Å². The number of hydrogen-bond donors (Lipinski definition) is 1. The van der Waals surface area contributed by atoms with Crippen LogP contribution >= 0.6 is 0 Å². The van der Waals surface area contributed by atoms with Crippen molar-refractivity contribution in [3.05, 3.63) is 23.8 Å². The van der Waals surface area contributed by atoms with Gasteiger partial charge in [0.2, 0.25) is 10.0 Å². The van der Waals surface area contributed by atoms with E-state index in [0.717, 1.165) is 0 Å². The van der Waals surface area contributed by atoms with E-state index < -0.39 is 10.0 Å². The first-order chi connectivity index (χ1) is 8.82. The number of benzene rings is 1. The number of nitrogens with two attached hydrogens (primary N) is 1. The highest BCUT2D eigenvalue weighted by molar-refractivity contribution is 7.89. The van der Waals surface area contributed by atoms with Gasteiger partial charge in [-0.05, 0) is 24.1 Å². The number of nitrogens with zero attached hydrogens (tertiary/aromatic N) is 2. The maximum Gasteiger partial charge on any atom is 0.244 e. The standard InChI is InChI=1S/C13H19N3O2S/c1-4-16(9-10(2)3)19(17,18)13-6-5-12(15)7-11(13)8-14/h5-7,10H,4,9,15H2,1-3H3. The molecule has 2 N–H and O–H groups in total. The first kappa shape index (κ1) is 15.5. The van der Waals surface area contributed by atoms with Gasteiger partial charge >= 0.3 is 0 Å². The summed E-state index contributed by atoms with van der Waals surface area (Å²) >= 11 is 0. The van der Waals surface area contributed by atoms with Crippen molar-refractivity contribution in [2.24, 2.45) is 5.92 Å². The van der Waals surface area contributed by atoms with E-state index in [0.29, 0.717) is 18.8 Å².